The van der Waals surface area contributed by atoms with Crippen LogP contribution in [0.25, 0.3) is 0 Å². The highest BCUT2D eigenvalue weighted by atomic mass is 19.1. The van der Waals surface area contributed by atoms with Gasteiger partial charge < -0.3 is 14.8 Å². The van der Waals surface area contributed by atoms with E-state index in [1.54, 1.807) is 20.8 Å². The van der Waals surface area contributed by atoms with Crippen LogP contribution in [0, 0.1) is 12.7 Å². The molecule has 1 aromatic carbocycles. The molecule has 0 aromatic heterocycles. The normalized spacial score (nSPS) is 10.6. The van der Waals surface area contributed by atoms with Gasteiger partial charge in [0.1, 0.15) is 11.6 Å². The van der Waals surface area contributed by atoms with Crippen LogP contribution in [0.4, 0.5) is 4.39 Å². The van der Waals surface area contributed by atoms with E-state index in [1.165, 1.54) is 12.1 Å². The minimum absolute atomic E-state index is 0.149. The first kappa shape index (κ1) is 12.0. The molecule has 0 aliphatic carbocycles. The third-order valence-corrected chi connectivity index (χ3v) is 1.93. The van der Waals surface area contributed by atoms with E-state index in [1.807, 2.05) is 0 Å². The second-order valence-electron chi connectivity index (χ2n) is 3.68. The van der Waals surface area contributed by atoms with E-state index in [2.05, 4.69) is 0 Å². The Balaban J connectivity index is 3.16. The summed E-state index contributed by atoms with van der Waals surface area (Å²) in [6.45, 7) is 5.12. The molecule has 0 unspecified atom stereocenters. The number of aryl methyl sites for hydroxylation is 1. The molecule has 2 N–H and O–H groups in total. The van der Waals surface area contributed by atoms with Crippen LogP contribution < -0.4 is 10.2 Å². The van der Waals surface area contributed by atoms with Gasteiger partial charge in [-0.1, -0.05) is 6.07 Å². The van der Waals surface area contributed by atoms with Gasteiger partial charge in [-0.3, -0.25) is 0 Å². The first-order valence-electron chi connectivity index (χ1n) is 4.74. The van der Waals surface area contributed by atoms with Gasteiger partial charge >= 0.3 is 7.12 Å². The molecule has 0 aliphatic rings. The van der Waals surface area contributed by atoms with E-state index >= 15 is 0 Å². The van der Waals surface area contributed by atoms with Crippen molar-refractivity contribution in [2.75, 3.05) is 0 Å². The molecule has 0 bridgehead atoms. The molecule has 0 amide bonds. The Morgan fingerprint density at radius 1 is 1.33 bits per heavy atom. The monoisotopic (exact) mass is 212 g/mol. The zero-order chi connectivity index (χ0) is 11.6. The van der Waals surface area contributed by atoms with E-state index in [-0.39, 0.29) is 17.3 Å². The third-order valence-electron chi connectivity index (χ3n) is 1.93. The largest absolute Gasteiger partial charge is 0.492 e. The smallest absolute Gasteiger partial charge is 0.491 e. The molecule has 15 heavy (non-hydrogen) atoms. The van der Waals surface area contributed by atoms with Gasteiger partial charge in [-0.2, -0.15) is 0 Å². The van der Waals surface area contributed by atoms with E-state index in [9.17, 15) is 4.39 Å². The third kappa shape index (κ3) is 2.94. The Hall–Kier alpha value is -1.07. The fraction of sp³-hybridized carbons (Fsp3) is 0.400. The molecular formula is C10H14BFO3. The van der Waals surface area contributed by atoms with Crippen molar-refractivity contribution in [3.8, 4) is 5.75 Å². The van der Waals surface area contributed by atoms with Crippen LogP contribution in [0.3, 0.4) is 0 Å². The standard InChI is InChI=1S/C10H14BFO3/c1-6(2)15-10-5-9(12)7(3)4-8(10)11(13)14/h4-6,13-14H,1-3H3. The summed E-state index contributed by atoms with van der Waals surface area (Å²) in [7, 11) is -1.65. The molecule has 82 valence electrons. The summed E-state index contributed by atoms with van der Waals surface area (Å²) in [5, 5.41) is 18.2. The van der Waals surface area contributed by atoms with Gasteiger partial charge in [0.25, 0.3) is 0 Å². The molecule has 0 atom stereocenters. The van der Waals surface area contributed by atoms with Crippen molar-refractivity contribution in [1.29, 1.82) is 0 Å². The number of halogens is 1. The highest BCUT2D eigenvalue weighted by Gasteiger charge is 2.19. The molecule has 1 rings (SSSR count). The van der Waals surface area contributed by atoms with E-state index in [0.29, 0.717) is 5.56 Å². The first-order chi connectivity index (χ1) is 6.91. The van der Waals surface area contributed by atoms with Crippen molar-refractivity contribution in [3.05, 3.63) is 23.5 Å². The van der Waals surface area contributed by atoms with E-state index < -0.39 is 12.9 Å². The SMILES string of the molecule is Cc1cc(B(O)O)c(OC(C)C)cc1F. The van der Waals surface area contributed by atoms with E-state index in [4.69, 9.17) is 14.8 Å². The predicted octanol–water partition coefficient (Wildman–Crippen LogP) is 0.601. The lowest BCUT2D eigenvalue weighted by Gasteiger charge is -2.15. The lowest BCUT2D eigenvalue weighted by molar-refractivity contribution is 0.242. The summed E-state index contributed by atoms with van der Waals surface area (Å²) in [5.74, 6) is -0.252. The minimum atomic E-state index is -1.65. The lowest BCUT2D eigenvalue weighted by atomic mass is 9.78. The quantitative estimate of drug-likeness (QED) is 0.721. The summed E-state index contributed by atoms with van der Waals surface area (Å²) >= 11 is 0. The minimum Gasteiger partial charge on any atom is -0.491 e. The van der Waals surface area contributed by atoms with Gasteiger partial charge in [0.05, 0.1) is 6.10 Å². The summed E-state index contributed by atoms with van der Waals surface area (Å²) in [5.41, 5.74) is 0.539. The molecule has 3 nitrogen and oxygen atoms in total. The molecule has 0 saturated heterocycles. The van der Waals surface area contributed by atoms with Crippen molar-refractivity contribution >= 4 is 12.6 Å². The molecule has 0 heterocycles. The van der Waals surface area contributed by atoms with Crippen LogP contribution in [-0.2, 0) is 0 Å². The molecule has 0 fully saturated rings. The zero-order valence-electron chi connectivity index (χ0n) is 8.99. The van der Waals surface area contributed by atoms with Crippen molar-refractivity contribution < 1.29 is 19.2 Å². The first-order valence-corrected chi connectivity index (χ1v) is 4.74. The number of hydrogen-bond donors (Lipinski definition) is 2. The Morgan fingerprint density at radius 2 is 1.93 bits per heavy atom. The average molecular weight is 212 g/mol. The maximum Gasteiger partial charge on any atom is 0.492 e. The lowest BCUT2D eigenvalue weighted by Crippen LogP contribution is -2.32. The van der Waals surface area contributed by atoms with Crippen LogP contribution in [-0.4, -0.2) is 23.3 Å². The zero-order valence-corrected chi connectivity index (χ0v) is 8.99. The van der Waals surface area contributed by atoms with Gasteiger partial charge in [0, 0.05) is 11.5 Å². The van der Waals surface area contributed by atoms with Crippen LogP contribution in [0.2, 0.25) is 0 Å². The van der Waals surface area contributed by atoms with Gasteiger partial charge in [0.15, 0.2) is 0 Å². The maximum absolute atomic E-state index is 13.2. The highest BCUT2D eigenvalue weighted by molar-refractivity contribution is 6.59. The van der Waals surface area contributed by atoms with Crippen LogP contribution in [0.1, 0.15) is 19.4 Å². The number of hydrogen-bond acceptors (Lipinski definition) is 3. The number of ether oxygens (including phenoxy) is 1. The Morgan fingerprint density at radius 3 is 2.40 bits per heavy atom. The van der Waals surface area contributed by atoms with Crippen molar-refractivity contribution in [1.82, 2.24) is 0 Å². The van der Waals surface area contributed by atoms with Crippen molar-refractivity contribution in [3.63, 3.8) is 0 Å². The molecule has 0 saturated carbocycles. The van der Waals surface area contributed by atoms with Gasteiger partial charge in [-0.15, -0.1) is 0 Å². The van der Waals surface area contributed by atoms with Gasteiger partial charge in [-0.05, 0) is 26.3 Å². The van der Waals surface area contributed by atoms with Crippen LogP contribution in [0.5, 0.6) is 5.75 Å². The van der Waals surface area contributed by atoms with Crippen LogP contribution >= 0.6 is 0 Å². The summed E-state index contributed by atoms with van der Waals surface area (Å²) < 4.78 is 18.5. The van der Waals surface area contributed by atoms with Crippen molar-refractivity contribution in [2.45, 2.75) is 26.9 Å². The Kier molecular flexibility index (Phi) is 3.71. The van der Waals surface area contributed by atoms with Crippen molar-refractivity contribution in [2.24, 2.45) is 0 Å². The van der Waals surface area contributed by atoms with Crippen LogP contribution in [0.15, 0.2) is 12.1 Å². The number of rotatable bonds is 3. The molecule has 0 spiro atoms. The highest BCUT2D eigenvalue weighted by Crippen LogP contribution is 2.15. The van der Waals surface area contributed by atoms with Gasteiger partial charge in [0.2, 0.25) is 0 Å². The molecule has 5 heteroatoms. The summed E-state index contributed by atoms with van der Waals surface area (Å²) in [6.07, 6.45) is -0.149. The summed E-state index contributed by atoms with van der Waals surface area (Å²) in [4.78, 5) is 0. The Bertz CT molecular complexity index is 353. The number of benzene rings is 1. The maximum atomic E-state index is 13.2. The van der Waals surface area contributed by atoms with Gasteiger partial charge in [-0.25, -0.2) is 4.39 Å². The summed E-state index contributed by atoms with van der Waals surface area (Å²) in [6, 6.07) is 2.54. The molecule has 1 aromatic rings. The topological polar surface area (TPSA) is 49.7 Å². The van der Waals surface area contributed by atoms with E-state index in [0.717, 1.165) is 0 Å². The average Bonchev–Trinajstić information content (AvgIpc) is 2.09. The fourth-order valence-electron chi connectivity index (χ4n) is 1.24. The second-order valence-corrected chi connectivity index (χ2v) is 3.68. The molecular weight excluding hydrogens is 198 g/mol. The fourth-order valence-corrected chi connectivity index (χ4v) is 1.24. The predicted molar refractivity (Wildman–Crippen MR) is 56.7 cm³/mol. The molecule has 0 radical (unpaired) electrons. The Labute approximate surface area is 88.7 Å². The molecule has 0 aliphatic heterocycles. The second kappa shape index (κ2) is 4.64.